The van der Waals surface area contributed by atoms with Crippen molar-refractivity contribution in [2.75, 3.05) is 6.54 Å². The minimum atomic E-state index is -0.780. The summed E-state index contributed by atoms with van der Waals surface area (Å²) in [6.07, 6.45) is 3.15. The van der Waals surface area contributed by atoms with Crippen LogP contribution in [0.5, 0.6) is 0 Å². The van der Waals surface area contributed by atoms with Gasteiger partial charge in [0.05, 0.1) is 0 Å². The van der Waals surface area contributed by atoms with Gasteiger partial charge in [-0.05, 0) is 30.8 Å². The summed E-state index contributed by atoms with van der Waals surface area (Å²) in [4.78, 5) is 43.0. The van der Waals surface area contributed by atoms with Gasteiger partial charge in [-0.25, -0.2) is 4.79 Å². The molecule has 2 aliphatic heterocycles. The molecule has 1 aliphatic carbocycles. The third kappa shape index (κ3) is 1.94. The number of nitrogens with zero attached hydrogens (tertiary/aromatic N) is 3. The van der Waals surface area contributed by atoms with Crippen LogP contribution in [0.4, 0.5) is 4.79 Å². The number of primary amides is 1. The van der Waals surface area contributed by atoms with Crippen molar-refractivity contribution in [3.8, 4) is 0 Å². The first-order valence-electron chi connectivity index (χ1n) is 6.83. The molecule has 8 heteroatoms. The molecule has 0 aromatic heterocycles. The highest BCUT2D eigenvalue weighted by atomic mass is 16.2. The van der Waals surface area contributed by atoms with E-state index in [0.29, 0.717) is 5.84 Å². The summed E-state index contributed by atoms with van der Waals surface area (Å²) in [6.45, 7) is 1.99. The van der Waals surface area contributed by atoms with Gasteiger partial charge in [0.25, 0.3) is 5.91 Å². The van der Waals surface area contributed by atoms with Crippen LogP contribution in [0.1, 0.15) is 19.8 Å². The summed E-state index contributed by atoms with van der Waals surface area (Å²) in [5.74, 6) is -1.66. The first-order valence-corrected chi connectivity index (χ1v) is 6.83. The van der Waals surface area contributed by atoms with E-state index in [4.69, 9.17) is 11.1 Å². The molecule has 4 N–H and O–H groups in total. The lowest BCUT2D eigenvalue weighted by Crippen LogP contribution is -2.62. The fourth-order valence-corrected chi connectivity index (χ4v) is 2.63. The van der Waals surface area contributed by atoms with Gasteiger partial charge in [-0.1, -0.05) is 0 Å². The predicted octanol–water partition coefficient (Wildman–Crippen LogP) is -1.97. The maximum atomic E-state index is 12.4. The smallest absolute Gasteiger partial charge is 0.334 e. The Hall–Kier alpha value is -2.51. The van der Waals surface area contributed by atoms with E-state index < -0.39 is 17.7 Å². The van der Waals surface area contributed by atoms with Gasteiger partial charge in [0.15, 0.2) is 0 Å². The van der Waals surface area contributed by atoms with E-state index in [1.165, 1.54) is 15.9 Å². The number of amides is 4. The molecule has 1 saturated carbocycles. The summed E-state index contributed by atoms with van der Waals surface area (Å²) in [5.41, 5.74) is 5.27. The van der Waals surface area contributed by atoms with Crippen LogP contribution >= 0.6 is 0 Å². The summed E-state index contributed by atoms with van der Waals surface area (Å²) in [5, 5.41) is 5.72. The molecule has 0 bridgehead atoms. The number of amidine groups is 2. The molecule has 1 atom stereocenters. The van der Waals surface area contributed by atoms with Crippen LogP contribution in [0, 0.1) is 5.92 Å². The van der Waals surface area contributed by atoms with Crippen LogP contribution in [-0.4, -0.2) is 51.9 Å². The van der Waals surface area contributed by atoms with Crippen molar-refractivity contribution in [3.05, 3.63) is 11.6 Å². The lowest BCUT2D eigenvalue weighted by Gasteiger charge is -2.36. The minimum Gasteiger partial charge on any atom is -0.365 e. The highest BCUT2D eigenvalue weighted by Gasteiger charge is 2.52. The highest BCUT2D eigenvalue weighted by molar-refractivity contribution is 6.29. The molecular formula is C13H16N5O3+. The number of hydrogen-bond acceptors (Lipinski definition) is 3. The van der Waals surface area contributed by atoms with Gasteiger partial charge in [-0.3, -0.25) is 24.8 Å². The second-order valence-corrected chi connectivity index (χ2v) is 5.24. The number of urea groups is 1. The fourth-order valence-electron chi connectivity index (χ4n) is 2.63. The maximum Gasteiger partial charge on any atom is 0.334 e. The molecule has 2 heterocycles. The Morgan fingerprint density at radius 3 is 2.67 bits per heavy atom. The van der Waals surface area contributed by atoms with Crippen molar-refractivity contribution in [1.82, 2.24) is 9.80 Å². The Morgan fingerprint density at radius 1 is 1.48 bits per heavy atom. The van der Waals surface area contributed by atoms with E-state index in [1.807, 2.05) is 0 Å². The average molecular weight is 290 g/mol. The van der Waals surface area contributed by atoms with E-state index in [-0.39, 0.29) is 30.0 Å². The molecule has 0 aromatic carbocycles. The molecule has 0 radical (unpaired) electrons. The Kier molecular flexibility index (Phi) is 2.89. The summed E-state index contributed by atoms with van der Waals surface area (Å²) in [7, 11) is 0. The van der Waals surface area contributed by atoms with E-state index in [1.54, 1.807) is 6.92 Å². The molecule has 4 amide bonds. The van der Waals surface area contributed by atoms with Gasteiger partial charge in [0, 0.05) is 12.6 Å². The summed E-state index contributed by atoms with van der Waals surface area (Å²) in [6, 6.07) is -0.319. The van der Waals surface area contributed by atoms with Gasteiger partial charge in [0.1, 0.15) is 11.5 Å². The molecule has 1 unspecified atom stereocenters. The zero-order valence-electron chi connectivity index (χ0n) is 11.6. The SMILES string of the molecule is CCN1C(=O)C2C=C(C(N)=O)C(=[NH2+])N=C2N(C2CC2)C1=O. The van der Waals surface area contributed by atoms with Crippen molar-refractivity contribution >= 4 is 29.5 Å². The maximum absolute atomic E-state index is 12.4. The molecule has 21 heavy (non-hydrogen) atoms. The van der Waals surface area contributed by atoms with E-state index in [2.05, 4.69) is 4.99 Å². The first-order chi connectivity index (χ1) is 9.95. The third-order valence-electron chi connectivity index (χ3n) is 3.83. The molecule has 0 spiro atoms. The van der Waals surface area contributed by atoms with E-state index in [0.717, 1.165) is 12.8 Å². The van der Waals surface area contributed by atoms with Crippen LogP contribution in [0.25, 0.3) is 0 Å². The van der Waals surface area contributed by atoms with Crippen molar-refractivity contribution in [2.24, 2.45) is 16.6 Å². The second kappa shape index (κ2) is 4.51. The Morgan fingerprint density at radius 2 is 2.14 bits per heavy atom. The van der Waals surface area contributed by atoms with Crippen LogP contribution < -0.4 is 11.1 Å². The van der Waals surface area contributed by atoms with Crippen LogP contribution in [0.3, 0.4) is 0 Å². The Labute approximate surface area is 120 Å². The number of nitrogens with two attached hydrogens (primary N) is 2. The van der Waals surface area contributed by atoms with Crippen molar-refractivity contribution in [2.45, 2.75) is 25.8 Å². The topological polar surface area (TPSA) is 122 Å². The number of imide groups is 1. The molecular weight excluding hydrogens is 274 g/mol. The van der Waals surface area contributed by atoms with Crippen LogP contribution in [0.2, 0.25) is 0 Å². The van der Waals surface area contributed by atoms with Crippen LogP contribution in [0.15, 0.2) is 16.6 Å². The average Bonchev–Trinajstić information content (AvgIpc) is 3.23. The second-order valence-electron chi connectivity index (χ2n) is 5.24. The largest absolute Gasteiger partial charge is 0.365 e. The molecule has 0 aromatic rings. The van der Waals surface area contributed by atoms with Crippen molar-refractivity contribution < 1.29 is 19.8 Å². The van der Waals surface area contributed by atoms with E-state index >= 15 is 0 Å². The predicted molar refractivity (Wildman–Crippen MR) is 72.8 cm³/mol. The third-order valence-corrected chi connectivity index (χ3v) is 3.83. The summed E-state index contributed by atoms with van der Waals surface area (Å²) >= 11 is 0. The zero-order chi connectivity index (χ0) is 15.3. The fraction of sp³-hybridized carbons (Fsp3) is 0.462. The number of dihydropyridines is 1. The van der Waals surface area contributed by atoms with Gasteiger partial charge in [-0.2, -0.15) is 0 Å². The number of rotatable bonds is 3. The molecule has 110 valence electrons. The zero-order valence-corrected chi connectivity index (χ0v) is 11.6. The monoisotopic (exact) mass is 290 g/mol. The van der Waals surface area contributed by atoms with Crippen molar-refractivity contribution in [1.29, 1.82) is 0 Å². The number of fused-ring (bicyclic) bond motifs is 1. The lowest BCUT2D eigenvalue weighted by molar-refractivity contribution is -0.130. The van der Waals surface area contributed by atoms with Crippen molar-refractivity contribution in [3.63, 3.8) is 0 Å². The van der Waals surface area contributed by atoms with Gasteiger partial charge in [0.2, 0.25) is 11.7 Å². The van der Waals surface area contributed by atoms with Gasteiger partial charge < -0.3 is 5.73 Å². The number of carbonyl (C=O) groups excluding carboxylic acids is 3. The molecule has 1 saturated heterocycles. The minimum absolute atomic E-state index is 0.0262. The molecule has 3 rings (SSSR count). The Bertz CT molecular complexity index is 632. The molecule has 3 aliphatic rings. The Balaban J connectivity index is 2.07. The summed E-state index contributed by atoms with van der Waals surface area (Å²) < 4.78 is 0. The first kappa shape index (κ1) is 13.5. The van der Waals surface area contributed by atoms with Crippen LogP contribution in [-0.2, 0) is 9.59 Å². The normalized spacial score (nSPS) is 25.6. The van der Waals surface area contributed by atoms with Gasteiger partial charge in [-0.15, -0.1) is 0 Å². The highest BCUT2D eigenvalue weighted by Crippen LogP contribution is 2.34. The number of carbonyl (C=O) groups is 3. The standard InChI is InChI=1S/C13H15N5O3/c1-2-17-12(20)8-5-7(10(15)19)9(14)16-11(8)18(13(17)21)6-3-4-6/h5-6,8,14H,2-4H2,1H3,(H2,15,19)/p+1. The van der Waals surface area contributed by atoms with Gasteiger partial charge >= 0.3 is 11.9 Å². The lowest BCUT2D eigenvalue weighted by atomic mass is 9.95. The quantitative estimate of drug-likeness (QED) is 0.627. The van der Waals surface area contributed by atoms with E-state index in [9.17, 15) is 14.4 Å². The number of hydrogen-bond donors (Lipinski definition) is 2. The molecule has 2 fully saturated rings. The molecule has 8 nitrogen and oxygen atoms in total. The number of aliphatic imine (C=N–C) groups is 1.